The summed E-state index contributed by atoms with van der Waals surface area (Å²) in [5.74, 6) is 0.160. The number of carbonyl (C=O) groups is 1. The van der Waals surface area contributed by atoms with Crippen LogP contribution >= 0.6 is 0 Å². The first-order chi connectivity index (χ1) is 17.1. The van der Waals surface area contributed by atoms with Crippen molar-refractivity contribution in [2.45, 2.75) is 38.6 Å². The number of ether oxygens (including phenoxy) is 1. The number of hydrogen-bond donors (Lipinski definition) is 1. The van der Waals surface area contributed by atoms with Gasteiger partial charge >= 0.3 is 5.97 Å². The number of nitrogens with two attached hydrogens (primary N) is 1. The predicted octanol–water partition coefficient (Wildman–Crippen LogP) is 5.51. The van der Waals surface area contributed by atoms with Gasteiger partial charge in [-0.15, -0.1) is 0 Å². The maximum atomic E-state index is 12.1. The number of anilines is 1. The molecule has 2 aromatic heterocycles. The second-order valence-corrected chi connectivity index (χ2v) is 8.89. The summed E-state index contributed by atoms with van der Waals surface area (Å²) >= 11 is 0. The molecule has 35 heavy (non-hydrogen) atoms. The minimum Gasteiger partial charge on any atom is -0.466 e. The summed E-state index contributed by atoms with van der Waals surface area (Å²) in [5, 5.41) is 15.7. The maximum Gasteiger partial charge on any atom is 0.308 e. The van der Waals surface area contributed by atoms with Crippen LogP contribution in [0, 0.1) is 17.2 Å². The third-order valence-electron chi connectivity index (χ3n) is 6.76. The van der Waals surface area contributed by atoms with Crippen molar-refractivity contribution in [3.05, 3.63) is 66.2 Å². The van der Waals surface area contributed by atoms with E-state index in [0.29, 0.717) is 23.7 Å². The SMILES string of the molecule is CCOC(=O)C1CCC(n2nc(-c3ccc4ccc(-c5ccccc5)nc4c3)c(C#N)c2N)CC1. The summed E-state index contributed by atoms with van der Waals surface area (Å²) in [7, 11) is 0. The van der Waals surface area contributed by atoms with Crippen LogP contribution in [0.2, 0.25) is 0 Å². The molecule has 176 valence electrons. The number of esters is 1. The Morgan fingerprint density at radius 2 is 1.83 bits per heavy atom. The van der Waals surface area contributed by atoms with Crippen molar-refractivity contribution in [2.75, 3.05) is 12.3 Å². The van der Waals surface area contributed by atoms with Gasteiger partial charge in [-0.1, -0.05) is 48.5 Å². The summed E-state index contributed by atoms with van der Waals surface area (Å²) in [6.45, 7) is 2.22. The molecule has 0 atom stereocenters. The number of benzene rings is 2. The molecule has 0 bridgehead atoms. The lowest BCUT2D eigenvalue weighted by Crippen LogP contribution is -2.26. The van der Waals surface area contributed by atoms with Crippen LogP contribution in [0.25, 0.3) is 33.4 Å². The van der Waals surface area contributed by atoms with E-state index in [1.807, 2.05) is 61.5 Å². The topological polar surface area (TPSA) is 107 Å². The fourth-order valence-electron chi connectivity index (χ4n) is 4.89. The smallest absolute Gasteiger partial charge is 0.308 e. The second-order valence-electron chi connectivity index (χ2n) is 8.89. The molecule has 1 aliphatic rings. The van der Waals surface area contributed by atoms with Crippen LogP contribution in [-0.2, 0) is 9.53 Å². The molecular weight excluding hydrogens is 438 g/mol. The van der Waals surface area contributed by atoms with Gasteiger partial charge in [0.15, 0.2) is 0 Å². The van der Waals surface area contributed by atoms with Crippen LogP contribution in [0.5, 0.6) is 0 Å². The molecule has 0 spiro atoms. The fraction of sp³-hybridized carbons (Fsp3) is 0.286. The summed E-state index contributed by atoms with van der Waals surface area (Å²) in [4.78, 5) is 17.0. The molecule has 1 fully saturated rings. The second kappa shape index (κ2) is 9.59. The molecule has 2 aromatic carbocycles. The van der Waals surface area contributed by atoms with Crippen molar-refractivity contribution < 1.29 is 9.53 Å². The first-order valence-electron chi connectivity index (χ1n) is 12.0. The molecule has 1 saturated carbocycles. The lowest BCUT2D eigenvalue weighted by atomic mass is 9.86. The summed E-state index contributed by atoms with van der Waals surface area (Å²) in [6.07, 6.45) is 2.98. The Morgan fingerprint density at radius 3 is 2.54 bits per heavy atom. The molecule has 5 rings (SSSR count). The minimum absolute atomic E-state index is 0.0461. The third-order valence-corrected chi connectivity index (χ3v) is 6.76. The largest absolute Gasteiger partial charge is 0.466 e. The zero-order valence-corrected chi connectivity index (χ0v) is 19.6. The molecule has 2 heterocycles. The molecule has 0 unspecified atom stereocenters. The summed E-state index contributed by atoms with van der Waals surface area (Å²) in [5.41, 5.74) is 10.9. The number of pyridine rings is 1. The Bertz CT molecular complexity index is 1410. The molecule has 0 aliphatic heterocycles. The molecule has 1 aliphatic carbocycles. The zero-order valence-electron chi connectivity index (χ0n) is 19.6. The monoisotopic (exact) mass is 465 g/mol. The van der Waals surface area contributed by atoms with E-state index in [2.05, 4.69) is 12.1 Å². The average molecular weight is 466 g/mol. The highest BCUT2D eigenvalue weighted by Gasteiger charge is 2.30. The first-order valence-corrected chi connectivity index (χ1v) is 12.0. The van der Waals surface area contributed by atoms with Gasteiger partial charge in [-0.2, -0.15) is 10.4 Å². The highest BCUT2D eigenvalue weighted by molar-refractivity contribution is 5.87. The van der Waals surface area contributed by atoms with Crippen molar-refractivity contribution in [2.24, 2.45) is 5.92 Å². The van der Waals surface area contributed by atoms with Crippen molar-refractivity contribution >= 4 is 22.7 Å². The molecule has 7 heteroatoms. The standard InChI is InChI=1S/C28H27N5O2/c1-2-35-28(34)20-10-13-22(14-11-20)33-27(30)23(17-29)26(32-33)21-9-8-19-12-15-24(31-25(19)16-21)18-6-4-3-5-7-18/h3-9,12,15-16,20,22H,2,10-11,13-14,30H2,1H3. The summed E-state index contributed by atoms with van der Waals surface area (Å²) in [6, 6.07) is 22.3. The number of nitriles is 1. The molecule has 0 saturated heterocycles. The van der Waals surface area contributed by atoms with Gasteiger partial charge in [-0.3, -0.25) is 4.79 Å². The minimum atomic E-state index is -0.128. The molecule has 4 aromatic rings. The number of rotatable bonds is 5. The van der Waals surface area contributed by atoms with Crippen molar-refractivity contribution in [3.63, 3.8) is 0 Å². The molecular formula is C28H27N5O2. The van der Waals surface area contributed by atoms with Crippen LogP contribution in [0.1, 0.15) is 44.2 Å². The van der Waals surface area contributed by atoms with Gasteiger partial charge in [0.1, 0.15) is 23.1 Å². The van der Waals surface area contributed by atoms with Crippen LogP contribution in [0.15, 0.2) is 60.7 Å². The van der Waals surface area contributed by atoms with Gasteiger partial charge in [-0.25, -0.2) is 9.67 Å². The Labute approximate surface area is 204 Å². The van der Waals surface area contributed by atoms with Gasteiger partial charge in [0.25, 0.3) is 0 Å². The van der Waals surface area contributed by atoms with Crippen LogP contribution in [0.4, 0.5) is 5.82 Å². The lowest BCUT2D eigenvalue weighted by molar-refractivity contribution is -0.149. The molecule has 0 amide bonds. The highest BCUT2D eigenvalue weighted by Crippen LogP contribution is 2.37. The Hall–Kier alpha value is -4.18. The van der Waals surface area contributed by atoms with E-state index < -0.39 is 0 Å². The lowest BCUT2D eigenvalue weighted by Gasteiger charge is -2.27. The van der Waals surface area contributed by atoms with Crippen molar-refractivity contribution in [3.8, 4) is 28.6 Å². The summed E-state index contributed by atoms with van der Waals surface area (Å²) < 4.78 is 6.95. The predicted molar refractivity (Wildman–Crippen MR) is 135 cm³/mol. The van der Waals surface area contributed by atoms with Gasteiger partial charge < -0.3 is 10.5 Å². The van der Waals surface area contributed by atoms with Gasteiger partial charge in [-0.05, 0) is 44.7 Å². The van der Waals surface area contributed by atoms with Gasteiger partial charge in [0.2, 0.25) is 0 Å². The molecule has 7 nitrogen and oxygen atoms in total. The van der Waals surface area contributed by atoms with Crippen LogP contribution in [-0.4, -0.2) is 27.3 Å². The number of nitrogens with zero attached hydrogens (tertiary/aromatic N) is 4. The van der Waals surface area contributed by atoms with E-state index in [-0.39, 0.29) is 17.9 Å². The Balaban J connectivity index is 1.46. The van der Waals surface area contributed by atoms with Gasteiger partial charge in [0.05, 0.1) is 29.8 Å². The molecule has 0 radical (unpaired) electrons. The van der Waals surface area contributed by atoms with E-state index in [1.165, 1.54) is 0 Å². The number of fused-ring (bicyclic) bond motifs is 1. The van der Waals surface area contributed by atoms with Crippen LogP contribution < -0.4 is 5.73 Å². The highest BCUT2D eigenvalue weighted by atomic mass is 16.5. The third kappa shape index (κ3) is 4.35. The Morgan fingerprint density at radius 1 is 1.09 bits per heavy atom. The van der Waals surface area contributed by atoms with Gasteiger partial charge in [0, 0.05) is 16.5 Å². The van der Waals surface area contributed by atoms with E-state index in [4.69, 9.17) is 20.6 Å². The molecule has 2 N–H and O–H groups in total. The average Bonchev–Trinajstić information content (AvgIpc) is 3.24. The number of aromatic nitrogens is 3. The van der Waals surface area contributed by atoms with E-state index in [0.717, 1.165) is 53.4 Å². The number of hydrogen-bond acceptors (Lipinski definition) is 6. The van der Waals surface area contributed by atoms with E-state index in [9.17, 15) is 10.1 Å². The van der Waals surface area contributed by atoms with Crippen LogP contribution in [0.3, 0.4) is 0 Å². The first kappa shape index (κ1) is 22.6. The quantitative estimate of drug-likeness (QED) is 0.389. The maximum absolute atomic E-state index is 12.1. The van der Waals surface area contributed by atoms with Crippen molar-refractivity contribution in [1.82, 2.24) is 14.8 Å². The fourth-order valence-corrected chi connectivity index (χ4v) is 4.89. The van der Waals surface area contributed by atoms with E-state index >= 15 is 0 Å². The normalized spacial score (nSPS) is 17.7. The zero-order chi connectivity index (χ0) is 24.4. The van der Waals surface area contributed by atoms with Crippen molar-refractivity contribution in [1.29, 1.82) is 5.26 Å². The number of nitrogen functional groups attached to an aromatic ring is 1. The Kier molecular flexibility index (Phi) is 6.19. The van der Waals surface area contributed by atoms with E-state index in [1.54, 1.807) is 4.68 Å². The number of carbonyl (C=O) groups excluding carboxylic acids is 1.